The van der Waals surface area contributed by atoms with Crippen molar-refractivity contribution in [2.24, 2.45) is 0 Å². The number of aryl methyl sites for hydroxylation is 1. The minimum atomic E-state index is -0.570. The van der Waals surface area contributed by atoms with Crippen molar-refractivity contribution in [2.45, 2.75) is 6.92 Å². The van der Waals surface area contributed by atoms with Crippen LogP contribution in [0.3, 0.4) is 0 Å². The number of hydrogen-bond acceptors (Lipinski definition) is 0. The highest BCUT2D eigenvalue weighted by Crippen LogP contribution is 2.21. The van der Waals surface area contributed by atoms with Crippen LogP contribution in [0.15, 0.2) is 36.4 Å². The van der Waals surface area contributed by atoms with Gasteiger partial charge in [-0.25, -0.2) is 8.78 Å². The molecule has 0 aliphatic heterocycles. The molecule has 0 saturated carbocycles. The van der Waals surface area contributed by atoms with E-state index in [9.17, 15) is 8.78 Å². The van der Waals surface area contributed by atoms with E-state index < -0.39 is 11.6 Å². The molecule has 75 valence electrons. The Morgan fingerprint density at radius 3 is 2.27 bits per heavy atom. The molecule has 0 aliphatic carbocycles. The molecule has 2 heteroatoms. The fourth-order valence-corrected chi connectivity index (χ4v) is 1.46. The minimum absolute atomic E-state index is 0.510. The molecule has 2 rings (SSSR count). The van der Waals surface area contributed by atoms with Crippen LogP contribution in [0, 0.1) is 24.6 Å². The standard InChI is InChI=1S/C13H9F2/c1-9-3-2-4-10(5-9)11-6-12(14)8-13(15)7-11/h2-3,5-8H,1H3. The van der Waals surface area contributed by atoms with Gasteiger partial charge in [-0.3, -0.25) is 0 Å². The summed E-state index contributed by atoms with van der Waals surface area (Å²) in [5.74, 6) is -1.14. The molecular weight excluding hydrogens is 194 g/mol. The zero-order valence-electron chi connectivity index (χ0n) is 8.22. The lowest BCUT2D eigenvalue weighted by Gasteiger charge is -2.02. The van der Waals surface area contributed by atoms with Crippen molar-refractivity contribution in [1.82, 2.24) is 0 Å². The van der Waals surface area contributed by atoms with Gasteiger partial charge in [0.1, 0.15) is 11.6 Å². The largest absolute Gasteiger partial charge is 0.207 e. The number of rotatable bonds is 1. The zero-order valence-corrected chi connectivity index (χ0v) is 8.22. The van der Waals surface area contributed by atoms with Gasteiger partial charge < -0.3 is 0 Å². The van der Waals surface area contributed by atoms with Crippen LogP contribution in [0.2, 0.25) is 0 Å². The maximum atomic E-state index is 13.0. The Morgan fingerprint density at radius 2 is 1.67 bits per heavy atom. The molecule has 0 bridgehead atoms. The second-order valence-corrected chi connectivity index (χ2v) is 3.44. The van der Waals surface area contributed by atoms with Crippen molar-refractivity contribution in [2.75, 3.05) is 0 Å². The summed E-state index contributed by atoms with van der Waals surface area (Å²) < 4.78 is 25.9. The topological polar surface area (TPSA) is 0 Å². The molecule has 0 unspecified atom stereocenters. The Labute approximate surface area is 87.2 Å². The van der Waals surface area contributed by atoms with Crippen LogP contribution in [0.4, 0.5) is 8.78 Å². The smallest absolute Gasteiger partial charge is 0.126 e. The molecule has 0 heterocycles. The zero-order chi connectivity index (χ0) is 10.8. The first kappa shape index (κ1) is 9.84. The third-order valence-electron chi connectivity index (χ3n) is 2.13. The highest BCUT2D eigenvalue weighted by atomic mass is 19.1. The predicted molar refractivity (Wildman–Crippen MR) is 55.4 cm³/mol. The van der Waals surface area contributed by atoms with E-state index in [4.69, 9.17) is 0 Å². The molecule has 0 aromatic heterocycles. The van der Waals surface area contributed by atoms with Crippen molar-refractivity contribution in [3.8, 4) is 11.1 Å². The second kappa shape index (κ2) is 3.81. The van der Waals surface area contributed by atoms with Crippen molar-refractivity contribution >= 4 is 0 Å². The highest BCUT2D eigenvalue weighted by Gasteiger charge is 2.03. The number of benzene rings is 2. The molecule has 0 nitrogen and oxygen atoms in total. The first-order chi connectivity index (χ1) is 7.15. The van der Waals surface area contributed by atoms with Crippen LogP contribution in [0.25, 0.3) is 11.1 Å². The van der Waals surface area contributed by atoms with E-state index in [-0.39, 0.29) is 0 Å². The van der Waals surface area contributed by atoms with Crippen molar-refractivity contribution in [3.05, 3.63) is 59.7 Å². The summed E-state index contributed by atoms with van der Waals surface area (Å²) in [5.41, 5.74) is 2.25. The average Bonchev–Trinajstić information content (AvgIpc) is 2.16. The fraction of sp³-hybridized carbons (Fsp3) is 0.0769. The second-order valence-electron chi connectivity index (χ2n) is 3.44. The molecule has 2 aromatic carbocycles. The van der Waals surface area contributed by atoms with Gasteiger partial charge in [0.2, 0.25) is 0 Å². The lowest BCUT2D eigenvalue weighted by Crippen LogP contribution is -1.84. The maximum Gasteiger partial charge on any atom is 0.126 e. The van der Waals surface area contributed by atoms with Gasteiger partial charge in [0.05, 0.1) is 0 Å². The summed E-state index contributed by atoms with van der Waals surface area (Å²) in [5, 5.41) is 0. The van der Waals surface area contributed by atoms with E-state index >= 15 is 0 Å². The summed E-state index contributed by atoms with van der Waals surface area (Å²) in [6.07, 6.45) is 0. The van der Waals surface area contributed by atoms with Crippen LogP contribution in [0.1, 0.15) is 5.56 Å². The minimum Gasteiger partial charge on any atom is -0.207 e. The van der Waals surface area contributed by atoms with E-state index in [1.54, 1.807) is 6.07 Å². The molecule has 0 atom stereocenters. The Morgan fingerprint density at radius 1 is 1.00 bits per heavy atom. The summed E-state index contributed by atoms with van der Waals surface area (Å²) in [7, 11) is 0. The lowest BCUT2D eigenvalue weighted by molar-refractivity contribution is 0.584. The van der Waals surface area contributed by atoms with Crippen LogP contribution in [-0.4, -0.2) is 0 Å². The van der Waals surface area contributed by atoms with Crippen LogP contribution >= 0.6 is 0 Å². The average molecular weight is 203 g/mol. The normalized spacial score (nSPS) is 10.3. The summed E-state index contributed by atoms with van der Waals surface area (Å²) in [4.78, 5) is 0. The molecular formula is C13H9F2. The first-order valence-corrected chi connectivity index (χ1v) is 4.60. The van der Waals surface area contributed by atoms with E-state index in [1.807, 2.05) is 19.1 Å². The van der Waals surface area contributed by atoms with E-state index in [0.717, 1.165) is 11.6 Å². The number of hydrogen-bond donors (Lipinski definition) is 0. The Hall–Kier alpha value is -1.70. The molecule has 0 aliphatic rings. The van der Waals surface area contributed by atoms with Gasteiger partial charge in [0, 0.05) is 6.07 Å². The van der Waals surface area contributed by atoms with Crippen molar-refractivity contribution < 1.29 is 8.78 Å². The van der Waals surface area contributed by atoms with E-state index in [1.165, 1.54) is 12.1 Å². The molecule has 2 aromatic rings. The Balaban J connectivity index is 2.54. The van der Waals surface area contributed by atoms with Gasteiger partial charge in [-0.05, 0) is 36.2 Å². The van der Waals surface area contributed by atoms with Gasteiger partial charge in [-0.2, -0.15) is 0 Å². The monoisotopic (exact) mass is 203 g/mol. The van der Waals surface area contributed by atoms with Crippen LogP contribution in [-0.2, 0) is 0 Å². The van der Waals surface area contributed by atoms with Crippen LogP contribution in [0.5, 0.6) is 0 Å². The van der Waals surface area contributed by atoms with Crippen molar-refractivity contribution in [1.29, 1.82) is 0 Å². The highest BCUT2D eigenvalue weighted by molar-refractivity contribution is 5.63. The first-order valence-electron chi connectivity index (χ1n) is 4.60. The van der Waals surface area contributed by atoms with Gasteiger partial charge in [0.25, 0.3) is 0 Å². The molecule has 15 heavy (non-hydrogen) atoms. The number of halogens is 2. The summed E-state index contributed by atoms with van der Waals surface area (Å²) in [6.45, 7) is 1.92. The van der Waals surface area contributed by atoms with Crippen molar-refractivity contribution in [3.63, 3.8) is 0 Å². The molecule has 0 spiro atoms. The Bertz CT molecular complexity index is 469. The fourth-order valence-electron chi connectivity index (χ4n) is 1.46. The molecule has 0 fully saturated rings. The molecule has 0 N–H and O–H groups in total. The molecule has 0 amide bonds. The SMILES string of the molecule is Cc1cc[c]c(-c2cc(F)cc(F)c2)c1. The molecule has 1 radical (unpaired) electrons. The third kappa shape index (κ3) is 2.21. The lowest BCUT2D eigenvalue weighted by atomic mass is 10.0. The van der Waals surface area contributed by atoms with Crippen LogP contribution < -0.4 is 0 Å². The summed E-state index contributed by atoms with van der Waals surface area (Å²) >= 11 is 0. The van der Waals surface area contributed by atoms with Gasteiger partial charge in [0.15, 0.2) is 0 Å². The maximum absolute atomic E-state index is 13.0. The van der Waals surface area contributed by atoms with E-state index in [2.05, 4.69) is 6.07 Å². The predicted octanol–water partition coefficient (Wildman–Crippen LogP) is 3.74. The Kier molecular flexibility index (Phi) is 2.50. The van der Waals surface area contributed by atoms with Gasteiger partial charge in [-0.1, -0.05) is 23.8 Å². The van der Waals surface area contributed by atoms with Gasteiger partial charge >= 0.3 is 0 Å². The summed E-state index contributed by atoms with van der Waals surface area (Å²) in [6, 6.07) is 11.9. The van der Waals surface area contributed by atoms with Gasteiger partial charge in [-0.15, -0.1) is 0 Å². The van der Waals surface area contributed by atoms with E-state index in [0.29, 0.717) is 11.1 Å². The quantitative estimate of drug-likeness (QED) is 0.662. The third-order valence-corrected chi connectivity index (χ3v) is 2.13. The molecule has 0 saturated heterocycles.